The van der Waals surface area contributed by atoms with Crippen LogP contribution in [0.1, 0.15) is 39.0 Å². The lowest BCUT2D eigenvalue weighted by Gasteiger charge is -2.38. The zero-order valence-corrected chi connectivity index (χ0v) is 12.4. The molecule has 0 saturated heterocycles. The maximum atomic E-state index is 11.8. The van der Waals surface area contributed by atoms with Crippen molar-refractivity contribution in [1.29, 1.82) is 0 Å². The molecule has 106 valence electrons. The third-order valence-corrected chi connectivity index (χ3v) is 4.32. The highest BCUT2D eigenvalue weighted by Gasteiger charge is 2.27. The smallest absolute Gasteiger partial charge is 0.223 e. The van der Waals surface area contributed by atoms with Crippen molar-refractivity contribution in [3.05, 3.63) is 0 Å². The minimum atomic E-state index is 0.168. The molecule has 0 aromatic heterocycles. The molecule has 1 atom stereocenters. The standard InChI is InChI=1S/C14H29N3O/c1-11-5-7-12(8-6-11)17(4)13(10-15)9-14(18)16(2)3/h11-13H,5-10,15H2,1-4H3. The van der Waals surface area contributed by atoms with Crippen molar-refractivity contribution in [2.45, 2.75) is 51.1 Å². The van der Waals surface area contributed by atoms with Crippen LogP contribution in [0.2, 0.25) is 0 Å². The number of carbonyl (C=O) groups is 1. The maximum Gasteiger partial charge on any atom is 0.223 e. The van der Waals surface area contributed by atoms with Gasteiger partial charge in [0.25, 0.3) is 0 Å². The van der Waals surface area contributed by atoms with Crippen LogP contribution in [0.25, 0.3) is 0 Å². The molecule has 0 aromatic carbocycles. The van der Waals surface area contributed by atoms with Crippen LogP contribution >= 0.6 is 0 Å². The zero-order valence-electron chi connectivity index (χ0n) is 12.4. The maximum absolute atomic E-state index is 11.8. The second-order valence-corrected chi connectivity index (χ2v) is 5.96. The van der Waals surface area contributed by atoms with Crippen LogP contribution in [-0.4, -0.2) is 55.5 Å². The Balaban J connectivity index is 2.51. The van der Waals surface area contributed by atoms with Gasteiger partial charge in [-0.2, -0.15) is 0 Å². The lowest BCUT2D eigenvalue weighted by molar-refractivity contribution is -0.130. The van der Waals surface area contributed by atoms with Crippen LogP contribution in [-0.2, 0) is 4.79 Å². The molecule has 0 aromatic rings. The van der Waals surface area contributed by atoms with Gasteiger partial charge in [-0.25, -0.2) is 0 Å². The molecule has 1 aliphatic carbocycles. The number of rotatable bonds is 5. The predicted octanol–water partition coefficient (Wildman–Crippen LogP) is 1.30. The van der Waals surface area contributed by atoms with Gasteiger partial charge in [-0.1, -0.05) is 6.92 Å². The Labute approximate surface area is 111 Å². The van der Waals surface area contributed by atoms with Crippen molar-refractivity contribution in [2.24, 2.45) is 11.7 Å². The number of amides is 1. The van der Waals surface area contributed by atoms with Gasteiger partial charge in [0.05, 0.1) is 0 Å². The van der Waals surface area contributed by atoms with Crippen molar-refractivity contribution in [1.82, 2.24) is 9.80 Å². The highest BCUT2D eigenvalue weighted by Crippen LogP contribution is 2.27. The fourth-order valence-electron chi connectivity index (χ4n) is 2.73. The monoisotopic (exact) mass is 255 g/mol. The molecule has 1 fully saturated rings. The van der Waals surface area contributed by atoms with Crippen LogP contribution in [0, 0.1) is 5.92 Å². The molecule has 1 saturated carbocycles. The highest BCUT2D eigenvalue weighted by atomic mass is 16.2. The van der Waals surface area contributed by atoms with Gasteiger partial charge in [0.2, 0.25) is 5.91 Å². The summed E-state index contributed by atoms with van der Waals surface area (Å²) in [4.78, 5) is 15.8. The first-order valence-corrected chi connectivity index (χ1v) is 7.07. The number of hydrogen-bond donors (Lipinski definition) is 1. The Morgan fingerprint density at radius 3 is 2.22 bits per heavy atom. The van der Waals surface area contributed by atoms with E-state index in [4.69, 9.17) is 5.73 Å². The average Bonchev–Trinajstić information content (AvgIpc) is 2.35. The summed E-state index contributed by atoms with van der Waals surface area (Å²) >= 11 is 0. The van der Waals surface area contributed by atoms with E-state index in [1.165, 1.54) is 25.7 Å². The summed E-state index contributed by atoms with van der Waals surface area (Å²) < 4.78 is 0. The summed E-state index contributed by atoms with van der Waals surface area (Å²) in [5.41, 5.74) is 5.84. The highest BCUT2D eigenvalue weighted by molar-refractivity contribution is 5.76. The van der Waals surface area contributed by atoms with Crippen molar-refractivity contribution < 1.29 is 4.79 Å². The fourth-order valence-corrected chi connectivity index (χ4v) is 2.73. The van der Waals surface area contributed by atoms with Crippen LogP contribution in [0.3, 0.4) is 0 Å². The summed E-state index contributed by atoms with van der Waals surface area (Å²) in [6.07, 6.45) is 5.61. The second-order valence-electron chi connectivity index (χ2n) is 5.96. The number of carbonyl (C=O) groups excluding carboxylic acids is 1. The molecule has 4 nitrogen and oxygen atoms in total. The van der Waals surface area contributed by atoms with Gasteiger partial charge >= 0.3 is 0 Å². The topological polar surface area (TPSA) is 49.6 Å². The van der Waals surface area contributed by atoms with Gasteiger partial charge in [0.1, 0.15) is 0 Å². The van der Waals surface area contributed by atoms with E-state index in [0.717, 1.165) is 5.92 Å². The fraction of sp³-hybridized carbons (Fsp3) is 0.929. The molecule has 0 aliphatic heterocycles. The Bertz CT molecular complexity index is 260. The molecule has 0 bridgehead atoms. The predicted molar refractivity (Wildman–Crippen MR) is 75.3 cm³/mol. The Hall–Kier alpha value is -0.610. The van der Waals surface area contributed by atoms with E-state index < -0.39 is 0 Å². The molecule has 1 rings (SSSR count). The Kier molecular flexibility index (Phi) is 6.09. The van der Waals surface area contributed by atoms with E-state index in [1.807, 2.05) is 0 Å². The van der Waals surface area contributed by atoms with Gasteiger partial charge < -0.3 is 10.6 Å². The normalized spacial score (nSPS) is 26.1. The minimum absolute atomic E-state index is 0.168. The molecule has 1 amide bonds. The molecule has 0 spiro atoms. The number of nitrogens with zero attached hydrogens (tertiary/aromatic N) is 2. The quantitative estimate of drug-likeness (QED) is 0.805. The summed E-state index contributed by atoms with van der Waals surface area (Å²) in [6, 6.07) is 0.781. The molecule has 1 aliphatic rings. The largest absolute Gasteiger partial charge is 0.349 e. The van der Waals surface area contributed by atoms with E-state index in [2.05, 4.69) is 18.9 Å². The summed E-state index contributed by atoms with van der Waals surface area (Å²) in [5, 5.41) is 0. The van der Waals surface area contributed by atoms with Crippen molar-refractivity contribution in [3.8, 4) is 0 Å². The molecular weight excluding hydrogens is 226 g/mol. The summed E-state index contributed by atoms with van der Waals surface area (Å²) in [5.74, 6) is 1.02. The zero-order chi connectivity index (χ0) is 13.7. The van der Waals surface area contributed by atoms with E-state index in [9.17, 15) is 4.79 Å². The van der Waals surface area contributed by atoms with Crippen molar-refractivity contribution >= 4 is 5.91 Å². The molecule has 1 unspecified atom stereocenters. The molecule has 4 heteroatoms. The first-order valence-electron chi connectivity index (χ1n) is 7.07. The first-order chi connectivity index (χ1) is 8.45. The number of likely N-dealkylation sites (N-methyl/N-ethyl adjacent to an activating group) is 1. The van der Waals surface area contributed by atoms with E-state index in [-0.39, 0.29) is 11.9 Å². The summed E-state index contributed by atoms with van der Waals surface area (Å²) in [6.45, 7) is 2.88. The third kappa shape index (κ3) is 4.25. The van der Waals surface area contributed by atoms with E-state index >= 15 is 0 Å². The van der Waals surface area contributed by atoms with Gasteiger partial charge in [-0.15, -0.1) is 0 Å². The van der Waals surface area contributed by atoms with Crippen molar-refractivity contribution in [3.63, 3.8) is 0 Å². The second kappa shape index (κ2) is 7.10. The van der Waals surface area contributed by atoms with Crippen LogP contribution in [0.4, 0.5) is 0 Å². The molecular formula is C14H29N3O. The van der Waals surface area contributed by atoms with Crippen LogP contribution in [0.5, 0.6) is 0 Å². The van der Waals surface area contributed by atoms with Gasteiger partial charge in [0, 0.05) is 39.1 Å². The van der Waals surface area contributed by atoms with Gasteiger partial charge in [0.15, 0.2) is 0 Å². The Morgan fingerprint density at radius 2 is 1.78 bits per heavy atom. The van der Waals surface area contributed by atoms with Gasteiger partial charge in [-0.05, 0) is 38.6 Å². The molecule has 2 N–H and O–H groups in total. The van der Waals surface area contributed by atoms with E-state index in [0.29, 0.717) is 19.0 Å². The summed E-state index contributed by atoms with van der Waals surface area (Å²) in [7, 11) is 5.73. The first kappa shape index (κ1) is 15.4. The average molecular weight is 255 g/mol. The Morgan fingerprint density at radius 1 is 1.22 bits per heavy atom. The lowest BCUT2D eigenvalue weighted by Crippen LogP contribution is -2.47. The van der Waals surface area contributed by atoms with Crippen LogP contribution in [0.15, 0.2) is 0 Å². The number of nitrogens with two attached hydrogens (primary N) is 1. The number of hydrogen-bond acceptors (Lipinski definition) is 3. The molecule has 0 heterocycles. The third-order valence-electron chi connectivity index (χ3n) is 4.32. The minimum Gasteiger partial charge on any atom is -0.349 e. The van der Waals surface area contributed by atoms with E-state index in [1.54, 1.807) is 19.0 Å². The molecule has 18 heavy (non-hydrogen) atoms. The van der Waals surface area contributed by atoms with Crippen LogP contribution < -0.4 is 5.73 Å². The van der Waals surface area contributed by atoms with Crippen molar-refractivity contribution in [2.75, 3.05) is 27.7 Å². The lowest BCUT2D eigenvalue weighted by atomic mass is 9.86. The van der Waals surface area contributed by atoms with Gasteiger partial charge in [-0.3, -0.25) is 9.69 Å². The SMILES string of the molecule is CC1CCC(N(C)C(CN)CC(=O)N(C)C)CC1. The molecule has 0 radical (unpaired) electrons.